The predicted molar refractivity (Wildman–Crippen MR) is 130 cm³/mol. The van der Waals surface area contributed by atoms with E-state index in [1.54, 1.807) is 26.9 Å². The van der Waals surface area contributed by atoms with Crippen LogP contribution in [0, 0.1) is 6.92 Å². The summed E-state index contributed by atoms with van der Waals surface area (Å²) in [5, 5.41) is 8.72. The minimum Gasteiger partial charge on any atom is -0.360 e. The van der Waals surface area contributed by atoms with E-state index < -0.39 is 0 Å². The molecule has 5 aromatic rings. The fourth-order valence-corrected chi connectivity index (χ4v) is 5.04. The van der Waals surface area contributed by atoms with Crippen LogP contribution in [0.2, 0.25) is 0 Å². The number of hydrogen-bond acceptors (Lipinski definition) is 5. The van der Waals surface area contributed by atoms with Crippen LogP contribution in [0.5, 0.6) is 0 Å². The molecule has 0 fully saturated rings. The molecule has 0 saturated heterocycles. The number of nitrogens with zero attached hydrogens (tertiary/aromatic N) is 5. The van der Waals surface area contributed by atoms with E-state index in [4.69, 9.17) is 4.99 Å². The third-order valence-electron chi connectivity index (χ3n) is 5.12. The standard InChI is InChI=1S/C23H20N6OS2/c1-16-21(22(30)29(27(16)2)18-9-4-3-5-10-18)26-23-28(25-14-17-8-6-12-24-17)19(15-32-23)20-11-7-13-31-20/h3-15,24H,1-2H3. The number of aromatic nitrogens is 4. The summed E-state index contributed by atoms with van der Waals surface area (Å²) in [5.74, 6) is 0. The van der Waals surface area contributed by atoms with Crippen molar-refractivity contribution in [3.63, 3.8) is 0 Å². The van der Waals surface area contributed by atoms with Gasteiger partial charge in [-0.05, 0) is 42.6 Å². The second-order valence-corrected chi connectivity index (χ2v) is 8.87. The van der Waals surface area contributed by atoms with Crippen LogP contribution >= 0.6 is 22.7 Å². The molecule has 0 aliphatic rings. The zero-order chi connectivity index (χ0) is 22.1. The van der Waals surface area contributed by atoms with Gasteiger partial charge in [-0.1, -0.05) is 24.3 Å². The lowest BCUT2D eigenvalue weighted by atomic mass is 10.3. The van der Waals surface area contributed by atoms with E-state index in [-0.39, 0.29) is 5.56 Å². The average molecular weight is 461 g/mol. The first-order valence-corrected chi connectivity index (χ1v) is 11.7. The first kappa shape index (κ1) is 20.2. The van der Waals surface area contributed by atoms with Crippen LogP contribution in [0.1, 0.15) is 11.4 Å². The summed E-state index contributed by atoms with van der Waals surface area (Å²) in [4.78, 5) is 22.9. The molecule has 1 aromatic carbocycles. The lowest BCUT2D eigenvalue weighted by molar-refractivity contribution is 0.630. The molecule has 0 spiro atoms. The summed E-state index contributed by atoms with van der Waals surface area (Å²) < 4.78 is 5.25. The van der Waals surface area contributed by atoms with Gasteiger partial charge in [-0.3, -0.25) is 9.48 Å². The number of para-hydroxylation sites is 1. The molecule has 4 aromatic heterocycles. The summed E-state index contributed by atoms with van der Waals surface area (Å²) in [7, 11) is 1.87. The Balaban J connectivity index is 1.69. The third kappa shape index (κ3) is 3.61. The highest BCUT2D eigenvalue weighted by Crippen LogP contribution is 2.25. The van der Waals surface area contributed by atoms with Crippen molar-refractivity contribution in [2.75, 3.05) is 0 Å². The number of thiazole rings is 1. The van der Waals surface area contributed by atoms with Crippen molar-refractivity contribution in [3.05, 3.63) is 98.1 Å². The predicted octanol–water partition coefficient (Wildman–Crippen LogP) is 4.52. The number of rotatable bonds is 5. The van der Waals surface area contributed by atoms with Crippen molar-refractivity contribution in [2.24, 2.45) is 17.1 Å². The lowest BCUT2D eigenvalue weighted by Gasteiger charge is -2.07. The zero-order valence-corrected chi connectivity index (χ0v) is 19.1. The highest BCUT2D eigenvalue weighted by atomic mass is 32.1. The maximum atomic E-state index is 13.3. The van der Waals surface area contributed by atoms with Crippen LogP contribution < -0.4 is 10.4 Å². The largest absolute Gasteiger partial charge is 0.360 e. The van der Waals surface area contributed by atoms with Crippen LogP contribution in [0.25, 0.3) is 16.3 Å². The van der Waals surface area contributed by atoms with Gasteiger partial charge in [0.15, 0.2) is 5.69 Å². The van der Waals surface area contributed by atoms with Crippen LogP contribution in [0.15, 0.2) is 86.4 Å². The molecule has 0 unspecified atom stereocenters. The molecule has 0 aliphatic carbocycles. The highest BCUT2D eigenvalue weighted by Gasteiger charge is 2.17. The number of thiophene rings is 1. The second kappa shape index (κ2) is 8.45. The molecule has 5 rings (SSSR count). The van der Waals surface area contributed by atoms with Gasteiger partial charge in [0.2, 0.25) is 4.80 Å². The third-order valence-corrected chi connectivity index (χ3v) is 6.83. The fourth-order valence-electron chi connectivity index (χ4n) is 3.41. The topological polar surface area (TPSA) is 72.4 Å². The van der Waals surface area contributed by atoms with E-state index in [0.29, 0.717) is 10.5 Å². The first-order valence-electron chi connectivity index (χ1n) is 9.94. The molecule has 0 atom stereocenters. The normalized spacial score (nSPS) is 12.2. The van der Waals surface area contributed by atoms with E-state index in [1.807, 2.05) is 90.2 Å². The fraction of sp³-hybridized carbons (Fsp3) is 0.0870. The van der Waals surface area contributed by atoms with Gasteiger partial charge >= 0.3 is 0 Å². The number of aromatic amines is 1. The van der Waals surface area contributed by atoms with Gasteiger partial charge in [-0.2, -0.15) is 5.10 Å². The van der Waals surface area contributed by atoms with Crippen molar-refractivity contribution in [2.45, 2.75) is 6.92 Å². The number of benzene rings is 1. The summed E-state index contributed by atoms with van der Waals surface area (Å²) in [6.07, 6.45) is 3.60. The molecule has 0 amide bonds. The molecule has 0 aliphatic heterocycles. The van der Waals surface area contributed by atoms with Crippen LogP contribution in [0.3, 0.4) is 0 Å². The van der Waals surface area contributed by atoms with Gasteiger partial charge < -0.3 is 4.98 Å². The maximum absolute atomic E-state index is 13.3. The maximum Gasteiger partial charge on any atom is 0.297 e. The van der Waals surface area contributed by atoms with Crippen molar-refractivity contribution in [1.82, 2.24) is 19.0 Å². The Morgan fingerprint density at radius 2 is 1.88 bits per heavy atom. The Bertz CT molecular complexity index is 1500. The Hall–Kier alpha value is -3.69. The number of H-pyrrole nitrogens is 1. The Labute approximate surface area is 191 Å². The van der Waals surface area contributed by atoms with Crippen molar-refractivity contribution < 1.29 is 0 Å². The van der Waals surface area contributed by atoms with Gasteiger partial charge in [-0.15, -0.1) is 22.7 Å². The molecule has 0 saturated carbocycles. The van der Waals surface area contributed by atoms with Gasteiger partial charge in [0, 0.05) is 18.6 Å². The Morgan fingerprint density at radius 3 is 2.59 bits per heavy atom. The van der Waals surface area contributed by atoms with E-state index in [9.17, 15) is 4.79 Å². The van der Waals surface area contributed by atoms with Crippen LogP contribution in [0.4, 0.5) is 5.69 Å². The van der Waals surface area contributed by atoms with E-state index in [1.165, 1.54) is 11.3 Å². The molecule has 0 bridgehead atoms. The van der Waals surface area contributed by atoms with Crippen LogP contribution in [-0.4, -0.2) is 25.2 Å². The molecule has 160 valence electrons. The molecule has 1 N–H and O–H groups in total. The molecular formula is C23H20N6OS2. The number of nitrogens with one attached hydrogen (secondary N) is 1. The average Bonchev–Trinajstić information content (AvgIpc) is 3.60. The second-order valence-electron chi connectivity index (χ2n) is 7.08. The summed E-state index contributed by atoms with van der Waals surface area (Å²) >= 11 is 3.09. The highest BCUT2D eigenvalue weighted by molar-refractivity contribution is 7.14. The minimum atomic E-state index is -0.165. The lowest BCUT2D eigenvalue weighted by Crippen LogP contribution is -2.19. The number of hydrogen-bond donors (Lipinski definition) is 1. The molecule has 9 heteroatoms. The summed E-state index contributed by atoms with van der Waals surface area (Å²) in [6.45, 7) is 1.90. The van der Waals surface area contributed by atoms with Crippen molar-refractivity contribution >= 4 is 34.6 Å². The van der Waals surface area contributed by atoms with E-state index >= 15 is 0 Å². The Kier molecular flexibility index (Phi) is 5.34. The smallest absolute Gasteiger partial charge is 0.297 e. The van der Waals surface area contributed by atoms with Crippen LogP contribution in [-0.2, 0) is 7.05 Å². The van der Waals surface area contributed by atoms with Gasteiger partial charge in [0.05, 0.1) is 33.9 Å². The SMILES string of the molecule is Cc1c(N=c2scc(-c3cccs3)n2N=Cc2ccc[nH]2)c(=O)n(-c2ccccc2)n1C. The molecule has 32 heavy (non-hydrogen) atoms. The minimum absolute atomic E-state index is 0.165. The molecular weight excluding hydrogens is 440 g/mol. The first-order chi connectivity index (χ1) is 15.6. The van der Waals surface area contributed by atoms with Crippen molar-refractivity contribution in [3.8, 4) is 16.3 Å². The molecule has 4 heterocycles. The summed E-state index contributed by atoms with van der Waals surface area (Å²) in [6, 6.07) is 17.5. The Morgan fingerprint density at radius 1 is 1.03 bits per heavy atom. The van der Waals surface area contributed by atoms with Gasteiger partial charge in [0.25, 0.3) is 5.56 Å². The van der Waals surface area contributed by atoms with E-state index in [2.05, 4.69) is 10.1 Å². The van der Waals surface area contributed by atoms with Crippen molar-refractivity contribution in [1.29, 1.82) is 0 Å². The zero-order valence-electron chi connectivity index (χ0n) is 17.5. The quantitative estimate of drug-likeness (QED) is 0.385. The van der Waals surface area contributed by atoms with E-state index in [0.717, 1.165) is 27.6 Å². The van der Waals surface area contributed by atoms with Gasteiger partial charge in [-0.25, -0.2) is 14.4 Å². The molecule has 7 nitrogen and oxygen atoms in total. The summed E-state index contributed by atoms with van der Waals surface area (Å²) in [5.41, 5.74) is 3.64. The van der Waals surface area contributed by atoms with Gasteiger partial charge in [0.1, 0.15) is 0 Å². The molecule has 0 radical (unpaired) electrons. The monoisotopic (exact) mass is 460 g/mol.